The molecule has 8 nitrogen and oxygen atoms in total. The lowest BCUT2D eigenvalue weighted by molar-refractivity contribution is -0.143. The van der Waals surface area contributed by atoms with E-state index < -0.39 is 11.9 Å². The summed E-state index contributed by atoms with van der Waals surface area (Å²) in [6, 6.07) is 4.48. The van der Waals surface area contributed by atoms with Gasteiger partial charge in [-0.3, -0.25) is 4.79 Å². The van der Waals surface area contributed by atoms with Crippen molar-refractivity contribution in [2.75, 3.05) is 48.0 Å². The molecule has 204 valence electrons. The molecular formula is C28H34F2N4O4. The number of ether oxygens (including phenoxy) is 3. The van der Waals surface area contributed by atoms with Gasteiger partial charge in [0.1, 0.15) is 23.6 Å². The average Bonchev–Trinajstić information content (AvgIpc) is 3.03. The van der Waals surface area contributed by atoms with Gasteiger partial charge >= 0.3 is 0 Å². The normalized spacial score (nSPS) is 24.3. The number of aromatic nitrogens is 1. The molecule has 0 aliphatic carbocycles. The highest BCUT2D eigenvalue weighted by molar-refractivity contribution is 6.01. The van der Waals surface area contributed by atoms with Crippen LogP contribution < -0.4 is 15.1 Å². The zero-order valence-corrected chi connectivity index (χ0v) is 21.8. The number of rotatable bonds is 4. The molecule has 3 fully saturated rings. The van der Waals surface area contributed by atoms with Crippen molar-refractivity contribution in [3.05, 3.63) is 41.6 Å². The van der Waals surface area contributed by atoms with E-state index in [9.17, 15) is 9.18 Å². The summed E-state index contributed by atoms with van der Waals surface area (Å²) in [6.45, 7) is 7.25. The van der Waals surface area contributed by atoms with E-state index in [4.69, 9.17) is 14.2 Å². The van der Waals surface area contributed by atoms with Gasteiger partial charge in [-0.2, -0.15) is 0 Å². The zero-order valence-electron chi connectivity index (χ0n) is 21.8. The number of carbonyl (C=O) groups excluding carboxylic acids is 1. The standard InChI is InChI=1S/C28H34F2N4O4/c1-17(2)38-20-4-5-25(37-13-20)27(35)34-12-18-8-19(29)11-31-26(18)32-22-9-21(30)23(10-24(22)34)33-14-28(15-33)6-3-7-36-16-28/h8-11,17,20,25H,3-7,12-16H2,1-2H3,(H,31,32)/t20-,25+/m0/s1. The Morgan fingerprint density at radius 1 is 1.21 bits per heavy atom. The van der Waals surface area contributed by atoms with Crippen LogP contribution in [0, 0.1) is 17.0 Å². The van der Waals surface area contributed by atoms with Gasteiger partial charge in [0, 0.05) is 36.7 Å². The van der Waals surface area contributed by atoms with Gasteiger partial charge in [-0.1, -0.05) is 0 Å². The smallest absolute Gasteiger partial charge is 0.256 e. The molecule has 2 atom stereocenters. The van der Waals surface area contributed by atoms with Gasteiger partial charge in [0.15, 0.2) is 0 Å². The summed E-state index contributed by atoms with van der Waals surface area (Å²) in [5.41, 5.74) is 1.95. The van der Waals surface area contributed by atoms with E-state index in [0.717, 1.165) is 25.6 Å². The van der Waals surface area contributed by atoms with Crippen LogP contribution in [0.1, 0.15) is 45.1 Å². The summed E-state index contributed by atoms with van der Waals surface area (Å²) in [6.07, 6.45) is 3.75. The fraction of sp³-hybridized carbons (Fsp3) is 0.571. The van der Waals surface area contributed by atoms with E-state index in [0.29, 0.717) is 67.6 Å². The number of halogens is 2. The number of amides is 1. The Morgan fingerprint density at radius 3 is 2.76 bits per heavy atom. The highest BCUT2D eigenvalue weighted by Gasteiger charge is 2.45. The van der Waals surface area contributed by atoms with Gasteiger partial charge in [-0.05, 0) is 51.7 Å². The Morgan fingerprint density at radius 2 is 2.05 bits per heavy atom. The van der Waals surface area contributed by atoms with Crippen LogP contribution in [-0.4, -0.2) is 62.1 Å². The van der Waals surface area contributed by atoms with Crippen molar-refractivity contribution in [3.8, 4) is 0 Å². The number of pyridine rings is 1. The highest BCUT2D eigenvalue weighted by Crippen LogP contribution is 2.45. The second-order valence-electron chi connectivity index (χ2n) is 11.2. The Bertz CT molecular complexity index is 1200. The van der Waals surface area contributed by atoms with Crippen molar-refractivity contribution < 1.29 is 27.8 Å². The van der Waals surface area contributed by atoms with E-state index >= 15 is 4.39 Å². The first-order valence-corrected chi connectivity index (χ1v) is 13.5. The van der Waals surface area contributed by atoms with Crippen molar-refractivity contribution in [1.29, 1.82) is 0 Å². The molecule has 5 heterocycles. The summed E-state index contributed by atoms with van der Waals surface area (Å²) in [7, 11) is 0. The predicted molar refractivity (Wildman–Crippen MR) is 139 cm³/mol. The summed E-state index contributed by atoms with van der Waals surface area (Å²) >= 11 is 0. The quantitative estimate of drug-likeness (QED) is 0.625. The monoisotopic (exact) mass is 528 g/mol. The van der Waals surface area contributed by atoms with Crippen LogP contribution in [0.15, 0.2) is 24.4 Å². The van der Waals surface area contributed by atoms with Gasteiger partial charge in [-0.25, -0.2) is 13.8 Å². The number of hydrogen-bond donors (Lipinski definition) is 1. The summed E-state index contributed by atoms with van der Waals surface area (Å²) in [5, 5.41) is 3.14. The van der Waals surface area contributed by atoms with E-state index in [1.165, 1.54) is 12.1 Å². The molecule has 1 N–H and O–H groups in total. The lowest BCUT2D eigenvalue weighted by Crippen LogP contribution is -2.60. The molecule has 1 spiro atoms. The number of nitrogens with zero attached hydrogens (tertiary/aromatic N) is 3. The Hall–Kier alpha value is -2.82. The van der Waals surface area contributed by atoms with E-state index in [1.807, 2.05) is 18.7 Å². The summed E-state index contributed by atoms with van der Waals surface area (Å²) in [5.74, 6) is -0.735. The van der Waals surface area contributed by atoms with E-state index in [-0.39, 0.29) is 35.9 Å². The van der Waals surface area contributed by atoms with Crippen LogP contribution in [0.4, 0.5) is 31.7 Å². The van der Waals surface area contributed by atoms with Crippen molar-refractivity contribution in [2.24, 2.45) is 5.41 Å². The fourth-order valence-electron chi connectivity index (χ4n) is 6.09. The maximum Gasteiger partial charge on any atom is 0.256 e. The Balaban J connectivity index is 1.30. The lowest BCUT2D eigenvalue weighted by atomic mass is 9.75. The molecule has 0 bridgehead atoms. The van der Waals surface area contributed by atoms with Crippen molar-refractivity contribution in [3.63, 3.8) is 0 Å². The fourth-order valence-corrected chi connectivity index (χ4v) is 6.09. The number of fused-ring (bicyclic) bond motifs is 2. The van der Waals surface area contributed by atoms with Gasteiger partial charge in [0.05, 0.1) is 55.2 Å². The largest absolute Gasteiger partial charge is 0.381 e. The minimum absolute atomic E-state index is 0.0561. The number of carbonyl (C=O) groups is 1. The Labute approximate surface area is 221 Å². The predicted octanol–water partition coefficient (Wildman–Crippen LogP) is 4.54. The van der Waals surface area contributed by atoms with Crippen LogP contribution >= 0.6 is 0 Å². The molecule has 1 aromatic carbocycles. The third kappa shape index (κ3) is 4.85. The van der Waals surface area contributed by atoms with Crippen molar-refractivity contribution in [2.45, 2.75) is 64.4 Å². The maximum atomic E-state index is 15.5. The highest BCUT2D eigenvalue weighted by atomic mass is 19.1. The molecule has 0 saturated carbocycles. The number of anilines is 4. The third-order valence-electron chi connectivity index (χ3n) is 7.91. The van der Waals surface area contributed by atoms with Gasteiger partial charge in [-0.15, -0.1) is 0 Å². The maximum absolute atomic E-state index is 15.5. The van der Waals surface area contributed by atoms with E-state index in [2.05, 4.69) is 10.3 Å². The van der Waals surface area contributed by atoms with Crippen LogP contribution in [0.25, 0.3) is 0 Å². The summed E-state index contributed by atoms with van der Waals surface area (Å²) < 4.78 is 47.1. The molecule has 4 aliphatic rings. The molecule has 1 aromatic heterocycles. The third-order valence-corrected chi connectivity index (χ3v) is 7.91. The molecular weight excluding hydrogens is 494 g/mol. The minimum Gasteiger partial charge on any atom is -0.381 e. The molecule has 2 aromatic rings. The Kier molecular flexibility index (Phi) is 6.74. The first-order valence-electron chi connectivity index (χ1n) is 13.5. The van der Waals surface area contributed by atoms with Gasteiger partial charge in [0.25, 0.3) is 5.91 Å². The van der Waals surface area contributed by atoms with Crippen molar-refractivity contribution in [1.82, 2.24) is 4.98 Å². The van der Waals surface area contributed by atoms with Crippen LogP contribution in [0.5, 0.6) is 0 Å². The van der Waals surface area contributed by atoms with Gasteiger partial charge < -0.3 is 29.3 Å². The molecule has 6 rings (SSSR count). The first-order chi connectivity index (χ1) is 18.3. The second-order valence-corrected chi connectivity index (χ2v) is 11.2. The lowest BCUT2D eigenvalue weighted by Gasteiger charge is -2.53. The number of nitrogens with one attached hydrogen (secondary N) is 1. The number of hydrogen-bond acceptors (Lipinski definition) is 7. The molecule has 0 unspecified atom stereocenters. The van der Waals surface area contributed by atoms with E-state index in [1.54, 1.807) is 11.0 Å². The molecule has 4 aliphatic heterocycles. The second kappa shape index (κ2) is 10.1. The molecule has 0 radical (unpaired) electrons. The molecule has 10 heteroatoms. The van der Waals surface area contributed by atoms with Gasteiger partial charge in [0.2, 0.25) is 0 Å². The SMILES string of the molecule is CC(C)O[C@H]1CC[C@H](C(=O)N2Cc3cc(F)cnc3Nc3cc(F)c(N4CC5(CCCOC5)C4)cc32)OC1. The first kappa shape index (κ1) is 25.5. The minimum atomic E-state index is -0.668. The summed E-state index contributed by atoms with van der Waals surface area (Å²) in [4.78, 5) is 21.6. The molecule has 1 amide bonds. The molecule has 38 heavy (non-hydrogen) atoms. The van der Waals surface area contributed by atoms with Crippen LogP contribution in [-0.2, 0) is 25.5 Å². The van der Waals surface area contributed by atoms with Crippen molar-refractivity contribution >= 4 is 28.8 Å². The average molecular weight is 529 g/mol. The van der Waals surface area contributed by atoms with Crippen LogP contribution in [0.3, 0.4) is 0 Å². The topological polar surface area (TPSA) is 76.2 Å². The molecule has 3 saturated heterocycles. The zero-order chi connectivity index (χ0) is 26.4. The van der Waals surface area contributed by atoms with Crippen LogP contribution in [0.2, 0.25) is 0 Å². The number of benzene rings is 1.